The molecule has 0 aromatic rings. The van der Waals surface area contributed by atoms with Crippen molar-refractivity contribution in [2.24, 2.45) is 5.92 Å². The molecule has 4 heteroatoms. The van der Waals surface area contributed by atoms with Gasteiger partial charge in [-0.2, -0.15) is 0 Å². The summed E-state index contributed by atoms with van der Waals surface area (Å²) in [6.45, 7) is 15.3. The zero-order valence-corrected chi connectivity index (χ0v) is 14.2. The molecule has 0 bridgehead atoms. The Morgan fingerprint density at radius 3 is 1.59 bits per heavy atom. The van der Waals surface area contributed by atoms with E-state index in [1.54, 1.807) is 0 Å². The number of ether oxygens (including phenoxy) is 2. The Balaban J connectivity index is 4.09. The Kier molecular flexibility index (Phi) is 9.87. The summed E-state index contributed by atoms with van der Waals surface area (Å²) in [5.74, 6) is 0.444. The monoisotopic (exact) mass is 357 g/mol. The predicted molar refractivity (Wildman–Crippen MR) is 81.5 cm³/mol. The molecule has 0 aliphatic rings. The van der Waals surface area contributed by atoms with Crippen molar-refractivity contribution < 1.29 is 9.47 Å². The standard InChI is InChI=1S/C13H28INO2/c1-10(2)15(14)7-13(8-16-11(3)4)9-17-12(5)6/h10-13H,7-9H2,1-6H3. The molecule has 0 aliphatic carbocycles. The third kappa shape index (κ3) is 10.2. The Labute approximate surface area is 121 Å². The van der Waals surface area contributed by atoms with Crippen molar-refractivity contribution in [1.82, 2.24) is 3.11 Å². The zero-order valence-electron chi connectivity index (χ0n) is 12.1. The minimum absolute atomic E-state index is 0.290. The number of nitrogens with zero attached hydrogens (tertiary/aromatic N) is 1. The van der Waals surface area contributed by atoms with Crippen LogP contribution >= 0.6 is 22.9 Å². The molecule has 0 radical (unpaired) electrons. The van der Waals surface area contributed by atoms with Gasteiger partial charge in [-0.15, -0.1) is 0 Å². The molecule has 0 heterocycles. The lowest BCUT2D eigenvalue weighted by atomic mass is 10.1. The van der Waals surface area contributed by atoms with Crippen LogP contribution in [0.25, 0.3) is 0 Å². The van der Waals surface area contributed by atoms with Crippen LogP contribution in [0.3, 0.4) is 0 Å². The van der Waals surface area contributed by atoms with Crippen molar-refractivity contribution in [3.8, 4) is 0 Å². The highest BCUT2D eigenvalue weighted by atomic mass is 127. The SMILES string of the molecule is CC(C)OCC(COC(C)C)CN(I)C(C)C. The van der Waals surface area contributed by atoms with Crippen molar-refractivity contribution in [1.29, 1.82) is 0 Å². The fourth-order valence-corrected chi connectivity index (χ4v) is 1.83. The second kappa shape index (κ2) is 9.53. The van der Waals surface area contributed by atoms with Gasteiger partial charge in [0.25, 0.3) is 0 Å². The fraction of sp³-hybridized carbons (Fsp3) is 1.00. The van der Waals surface area contributed by atoms with Crippen LogP contribution in [0.4, 0.5) is 0 Å². The van der Waals surface area contributed by atoms with Crippen LogP contribution in [-0.2, 0) is 9.47 Å². The van der Waals surface area contributed by atoms with Gasteiger partial charge in [0.1, 0.15) is 0 Å². The van der Waals surface area contributed by atoms with Crippen LogP contribution in [0.1, 0.15) is 41.5 Å². The smallest absolute Gasteiger partial charge is 0.0532 e. The number of hydrogen-bond donors (Lipinski definition) is 0. The summed E-state index contributed by atoms with van der Waals surface area (Å²) in [5.41, 5.74) is 0. The lowest BCUT2D eigenvalue weighted by molar-refractivity contribution is -0.00738. The first-order chi connectivity index (χ1) is 7.82. The molecule has 0 aromatic heterocycles. The average Bonchev–Trinajstić information content (AvgIpc) is 2.21. The van der Waals surface area contributed by atoms with Crippen LogP contribution in [0.2, 0.25) is 0 Å². The maximum absolute atomic E-state index is 5.71. The molecule has 0 atom stereocenters. The molecule has 3 nitrogen and oxygen atoms in total. The quantitative estimate of drug-likeness (QED) is 0.466. The minimum Gasteiger partial charge on any atom is -0.378 e. The van der Waals surface area contributed by atoms with E-state index in [1.165, 1.54) is 0 Å². The van der Waals surface area contributed by atoms with Gasteiger partial charge in [0.2, 0.25) is 0 Å². The average molecular weight is 357 g/mol. The van der Waals surface area contributed by atoms with Crippen LogP contribution < -0.4 is 0 Å². The largest absolute Gasteiger partial charge is 0.378 e. The van der Waals surface area contributed by atoms with Crippen molar-refractivity contribution in [3.05, 3.63) is 0 Å². The summed E-state index contributed by atoms with van der Waals surface area (Å²) >= 11 is 2.38. The Morgan fingerprint density at radius 1 is 0.882 bits per heavy atom. The molecule has 104 valence electrons. The van der Waals surface area contributed by atoms with E-state index in [0.717, 1.165) is 19.8 Å². The molecule has 17 heavy (non-hydrogen) atoms. The van der Waals surface area contributed by atoms with Gasteiger partial charge in [0, 0.05) is 41.4 Å². The molecular weight excluding hydrogens is 329 g/mol. The minimum atomic E-state index is 0.290. The third-order valence-corrected chi connectivity index (χ3v) is 3.83. The van der Waals surface area contributed by atoms with Gasteiger partial charge in [-0.05, 0) is 41.5 Å². The van der Waals surface area contributed by atoms with E-state index in [1.807, 2.05) is 0 Å². The summed E-state index contributed by atoms with van der Waals surface area (Å²) < 4.78 is 13.7. The zero-order chi connectivity index (χ0) is 13.4. The molecule has 0 rings (SSSR count). The highest BCUT2D eigenvalue weighted by molar-refractivity contribution is 14.1. The molecule has 0 saturated carbocycles. The highest BCUT2D eigenvalue weighted by Gasteiger charge is 2.16. The van der Waals surface area contributed by atoms with Crippen LogP contribution in [0.15, 0.2) is 0 Å². The molecular formula is C13H28INO2. The van der Waals surface area contributed by atoms with Crippen molar-refractivity contribution in [2.45, 2.75) is 59.8 Å². The van der Waals surface area contributed by atoms with Crippen LogP contribution in [-0.4, -0.2) is 41.1 Å². The lowest BCUT2D eigenvalue weighted by Gasteiger charge is -2.26. The lowest BCUT2D eigenvalue weighted by Crippen LogP contribution is -2.33. The van der Waals surface area contributed by atoms with E-state index in [2.05, 4.69) is 67.5 Å². The van der Waals surface area contributed by atoms with E-state index in [-0.39, 0.29) is 0 Å². The second-order valence-electron chi connectivity index (χ2n) is 5.31. The molecule has 0 aliphatic heterocycles. The molecule has 0 saturated heterocycles. The number of halogens is 1. The molecule has 0 N–H and O–H groups in total. The first kappa shape index (κ1) is 17.6. The fourth-order valence-electron chi connectivity index (χ4n) is 1.27. The summed E-state index contributed by atoms with van der Waals surface area (Å²) in [5, 5.41) is 0. The second-order valence-corrected chi connectivity index (χ2v) is 6.55. The topological polar surface area (TPSA) is 21.7 Å². The van der Waals surface area contributed by atoms with Gasteiger partial charge in [-0.3, -0.25) is 0 Å². The maximum Gasteiger partial charge on any atom is 0.0532 e. The molecule has 0 amide bonds. The predicted octanol–water partition coefficient (Wildman–Crippen LogP) is 3.51. The summed E-state index contributed by atoms with van der Waals surface area (Å²) in [7, 11) is 0. The third-order valence-electron chi connectivity index (χ3n) is 2.32. The van der Waals surface area contributed by atoms with Crippen molar-refractivity contribution in [2.75, 3.05) is 19.8 Å². The van der Waals surface area contributed by atoms with E-state index in [4.69, 9.17) is 9.47 Å². The summed E-state index contributed by atoms with van der Waals surface area (Å²) in [6, 6.07) is 0.552. The molecule has 0 spiro atoms. The van der Waals surface area contributed by atoms with Gasteiger partial charge in [-0.1, -0.05) is 0 Å². The van der Waals surface area contributed by atoms with E-state index < -0.39 is 0 Å². The van der Waals surface area contributed by atoms with Gasteiger partial charge in [0.15, 0.2) is 0 Å². The Hall–Kier alpha value is 0.610. The normalized spacial score (nSPS) is 12.7. The Morgan fingerprint density at radius 2 is 1.29 bits per heavy atom. The van der Waals surface area contributed by atoms with Gasteiger partial charge in [-0.25, -0.2) is 3.11 Å². The first-order valence-corrected chi connectivity index (χ1v) is 7.45. The number of rotatable bonds is 9. The molecule has 0 aromatic carbocycles. The van der Waals surface area contributed by atoms with Gasteiger partial charge < -0.3 is 9.47 Å². The molecule has 0 unspecified atom stereocenters. The van der Waals surface area contributed by atoms with Gasteiger partial charge in [0.05, 0.1) is 25.4 Å². The van der Waals surface area contributed by atoms with Crippen LogP contribution in [0.5, 0.6) is 0 Å². The number of hydrogen-bond acceptors (Lipinski definition) is 3. The first-order valence-electron chi connectivity index (χ1n) is 6.48. The van der Waals surface area contributed by atoms with Crippen molar-refractivity contribution >= 4 is 22.9 Å². The van der Waals surface area contributed by atoms with Crippen molar-refractivity contribution in [3.63, 3.8) is 0 Å². The van der Waals surface area contributed by atoms with Crippen LogP contribution in [0, 0.1) is 5.92 Å². The van der Waals surface area contributed by atoms with E-state index >= 15 is 0 Å². The van der Waals surface area contributed by atoms with E-state index in [0.29, 0.717) is 24.2 Å². The highest BCUT2D eigenvalue weighted by Crippen LogP contribution is 2.12. The maximum atomic E-state index is 5.71. The van der Waals surface area contributed by atoms with Gasteiger partial charge >= 0.3 is 0 Å². The Bertz CT molecular complexity index is 174. The van der Waals surface area contributed by atoms with E-state index in [9.17, 15) is 0 Å². The summed E-state index contributed by atoms with van der Waals surface area (Å²) in [4.78, 5) is 0. The summed E-state index contributed by atoms with van der Waals surface area (Å²) in [6.07, 6.45) is 0.580. The molecule has 0 fully saturated rings.